The molecule has 0 saturated carbocycles. The number of fused-ring (bicyclic) bond motifs is 6. The lowest BCUT2D eigenvalue weighted by Crippen LogP contribution is -2.05. The molecule has 4 nitrogen and oxygen atoms in total. The van der Waals surface area contributed by atoms with Crippen LogP contribution in [0.1, 0.15) is 11.1 Å². The van der Waals surface area contributed by atoms with Crippen molar-refractivity contribution in [3.8, 4) is 56.4 Å². The van der Waals surface area contributed by atoms with E-state index in [0.717, 1.165) is 68.4 Å². The van der Waals surface area contributed by atoms with Crippen LogP contribution in [0.5, 0.6) is 0 Å². The van der Waals surface area contributed by atoms with Gasteiger partial charge in [0.1, 0.15) is 0 Å². The third-order valence-corrected chi connectivity index (χ3v) is 11.8. The summed E-state index contributed by atoms with van der Waals surface area (Å²) >= 11 is 0. The Labute approximate surface area is 362 Å². The van der Waals surface area contributed by atoms with Crippen LogP contribution in [-0.2, 0) is 12.4 Å². The monoisotopic (exact) mass is 850 g/mol. The van der Waals surface area contributed by atoms with Gasteiger partial charge in [0.05, 0.1) is 56.0 Å². The number of nitrogens with zero attached hydrogens (tertiary/aromatic N) is 4. The minimum Gasteiger partial charge on any atom is -0.309 e. The summed E-state index contributed by atoms with van der Waals surface area (Å²) in [6.07, 6.45) is -9.48. The second-order valence-corrected chi connectivity index (χ2v) is 15.6. The summed E-state index contributed by atoms with van der Waals surface area (Å²) in [6.45, 7) is 0. The smallest absolute Gasteiger partial charge is 0.309 e. The molecule has 64 heavy (non-hydrogen) atoms. The zero-order valence-corrected chi connectivity index (χ0v) is 33.5. The normalized spacial score (nSPS) is 12.2. The second-order valence-electron chi connectivity index (χ2n) is 15.6. The van der Waals surface area contributed by atoms with Gasteiger partial charge in [-0.2, -0.15) is 26.3 Å². The molecule has 0 aliphatic rings. The van der Waals surface area contributed by atoms with Crippen LogP contribution < -0.4 is 0 Å². The van der Waals surface area contributed by atoms with E-state index in [0.29, 0.717) is 45.1 Å². The lowest BCUT2D eigenvalue weighted by molar-refractivity contribution is -0.138. The summed E-state index contributed by atoms with van der Waals surface area (Å²) in [5.74, 6) is 0.472. The van der Waals surface area contributed by atoms with Gasteiger partial charge in [-0.25, -0.2) is 9.97 Å². The molecule has 3 heterocycles. The van der Waals surface area contributed by atoms with Crippen LogP contribution in [0.25, 0.3) is 100 Å². The van der Waals surface area contributed by atoms with Gasteiger partial charge in [-0.1, -0.05) is 127 Å². The topological polar surface area (TPSA) is 35.6 Å². The largest absolute Gasteiger partial charge is 0.416 e. The van der Waals surface area contributed by atoms with Crippen molar-refractivity contribution in [3.63, 3.8) is 0 Å². The SMILES string of the molecule is FC(F)(F)c1ccc2c(c1)c1cc(C(F)(F)F)ccc1n2-c1cccc(-c2cc(-c3ccccc3)nc(-c3ccccc3)n2)c1-c1ccccc1-n1c2ccccc2c2ccccc21. The standard InChI is InChI=1S/C54H32F6N4/c55-53(56,57)35-26-28-48-41(30-35)42-31-36(54(58,59)60)27-29-49(42)64(48)50-25-13-21-39(44-32-43(33-14-3-1-4-15-33)61-52(62-44)34-16-5-2-6-17-34)51(50)40-20-9-12-24-47(40)63-45-22-10-7-18-37(45)38-19-8-11-23-46(38)63/h1-32H. The summed E-state index contributed by atoms with van der Waals surface area (Å²) in [5.41, 5.74) is 6.80. The quantitative estimate of drug-likeness (QED) is 0.156. The van der Waals surface area contributed by atoms with Crippen LogP contribution >= 0.6 is 0 Å². The van der Waals surface area contributed by atoms with E-state index in [1.807, 2.05) is 133 Å². The highest BCUT2D eigenvalue weighted by atomic mass is 19.4. The highest BCUT2D eigenvalue weighted by Crippen LogP contribution is 2.46. The summed E-state index contributed by atoms with van der Waals surface area (Å²) in [6, 6.07) is 57.6. The Morgan fingerprint density at radius 3 is 1.39 bits per heavy atom. The number of benzene rings is 8. The molecule has 0 fully saturated rings. The third-order valence-electron chi connectivity index (χ3n) is 11.8. The van der Waals surface area contributed by atoms with Gasteiger partial charge in [0, 0.05) is 49.4 Å². The van der Waals surface area contributed by atoms with E-state index in [4.69, 9.17) is 9.97 Å². The Kier molecular flexibility index (Phi) is 9.02. The molecule has 0 spiro atoms. The predicted octanol–water partition coefficient (Wildman–Crippen LogP) is 15.4. The zero-order chi connectivity index (χ0) is 43.7. The van der Waals surface area contributed by atoms with Gasteiger partial charge in [-0.15, -0.1) is 0 Å². The van der Waals surface area contributed by atoms with Crippen LogP contribution in [0.4, 0.5) is 26.3 Å². The summed E-state index contributed by atoms with van der Waals surface area (Å²) in [5, 5.41) is 2.14. The minimum absolute atomic E-state index is 0.0303. The van der Waals surface area contributed by atoms with Crippen LogP contribution in [0.3, 0.4) is 0 Å². The van der Waals surface area contributed by atoms with Gasteiger partial charge in [0.2, 0.25) is 0 Å². The number of rotatable bonds is 6. The van der Waals surface area contributed by atoms with Crippen molar-refractivity contribution in [1.29, 1.82) is 0 Å². The number of alkyl halides is 6. The van der Waals surface area contributed by atoms with Crippen molar-refractivity contribution >= 4 is 43.6 Å². The second kappa shape index (κ2) is 14.8. The van der Waals surface area contributed by atoms with Gasteiger partial charge in [-0.3, -0.25) is 0 Å². The van der Waals surface area contributed by atoms with E-state index in [1.165, 1.54) is 12.1 Å². The minimum atomic E-state index is -4.74. The molecule has 0 unspecified atom stereocenters. The average Bonchev–Trinajstić information content (AvgIpc) is 3.83. The van der Waals surface area contributed by atoms with Crippen LogP contribution in [0, 0.1) is 0 Å². The lowest BCUT2D eigenvalue weighted by Gasteiger charge is -2.22. The van der Waals surface area contributed by atoms with Gasteiger partial charge >= 0.3 is 12.4 Å². The van der Waals surface area contributed by atoms with E-state index >= 15 is 0 Å². The molecule has 310 valence electrons. The van der Waals surface area contributed by atoms with Gasteiger partial charge in [0.25, 0.3) is 0 Å². The first-order chi connectivity index (χ1) is 31.0. The maximum absolute atomic E-state index is 14.4. The molecule has 8 aromatic carbocycles. The molecule has 0 atom stereocenters. The van der Waals surface area contributed by atoms with Crippen molar-refractivity contribution < 1.29 is 26.3 Å². The molecule has 0 radical (unpaired) electrons. The first kappa shape index (κ1) is 38.9. The van der Waals surface area contributed by atoms with Crippen molar-refractivity contribution in [2.45, 2.75) is 12.4 Å². The summed E-state index contributed by atoms with van der Waals surface area (Å²) in [7, 11) is 0. The molecule has 3 aromatic heterocycles. The maximum atomic E-state index is 14.4. The molecular weight excluding hydrogens is 819 g/mol. The highest BCUT2D eigenvalue weighted by Gasteiger charge is 2.34. The molecule has 0 bridgehead atoms. The number of hydrogen-bond donors (Lipinski definition) is 0. The Morgan fingerprint density at radius 1 is 0.344 bits per heavy atom. The number of para-hydroxylation sites is 3. The first-order valence-electron chi connectivity index (χ1n) is 20.5. The van der Waals surface area contributed by atoms with Gasteiger partial charge in [-0.05, 0) is 66.7 Å². The molecule has 11 rings (SSSR count). The van der Waals surface area contributed by atoms with E-state index in [-0.39, 0.29) is 10.8 Å². The summed E-state index contributed by atoms with van der Waals surface area (Å²) in [4.78, 5) is 10.3. The van der Waals surface area contributed by atoms with Crippen molar-refractivity contribution in [1.82, 2.24) is 19.1 Å². The van der Waals surface area contributed by atoms with Crippen molar-refractivity contribution in [2.75, 3.05) is 0 Å². The molecular formula is C54H32F6N4. The molecule has 0 aliphatic heterocycles. The Morgan fingerprint density at radius 2 is 0.797 bits per heavy atom. The van der Waals surface area contributed by atoms with E-state index < -0.39 is 23.5 Å². The number of aromatic nitrogens is 4. The zero-order valence-electron chi connectivity index (χ0n) is 33.5. The van der Waals surface area contributed by atoms with Crippen molar-refractivity contribution in [2.24, 2.45) is 0 Å². The maximum Gasteiger partial charge on any atom is 0.416 e. The van der Waals surface area contributed by atoms with Crippen LogP contribution in [-0.4, -0.2) is 19.1 Å². The van der Waals surface area contributed by atoms with E-state index in [1.54, 1.807) is 4.57 Å². The first-order valence-corrected chi connectivity index (χ1v) is 20.5. The van der Waals surface area contributed by atoms with Gasteiger partial charge < -0.3 is 9.13 Å². The number of hydrogen-bond acceptors (Lipinski definition) is 2. The highest BCUT2D eigenvalue weighted by molar-refractivity contribution is 6.12. The van der Waals surface area contributed by atoms with E-state index in [2.05, 4.69) is 28.8 Å². The molecule has 10 heteroatoms. The molecule has 0 aliphatic carbocycles. The Bertz CT molecular complexity index is 3400. The average molecular weight is 851 g/mol. The third kappa shape index (κ3) is 6.49. The summed E-state index contributed by atoms with van der Waals surface area (Å²) < 4.78 is 90.1. The molecule has 0 saturated heterocycles. The Hall–Kier alpha value is -7.98. The number of halogens is 6. The van der Waals surface area contributed by atoms with Gasteiger partial charge in [0.15, 0.2) is 5.82 Å². The predicted molar refractivity (Wildman–Crippen MR) is 242 cm³/mol. The van der Waals surface area contributed by atoms with E-state index in [9.17, 15) is 26.3 Å². The molecule has 11 aromatic rings. The lowest BCUT2D eigenvalue weighted by atomic mass is 9.93. The van der Waals surface area contributed by atoms with Crippen LogP contribution in [0.2, 0.25) is 0 Å². The Balaban J connectivity index is 1.29. The van der Waals surface area contributed by atoms with Crippen LogP contribution in [0.15, 0.2) is 194 Å². The molecule has 0 N–H and O–H groups in total. The molecule has 0 amide bonds. The van der Waals surface area contributed by atoms with Crippen molar-refractivity contribution in [3.05, 3.63) is 205 Å². The fraction of sp³-hybridized carbons (Fsp3) is 0.0370. The fourth-order valence-corrected chi connectivity index (χ4v) is 8.98. The fourth-order valence-electron chi connectivity index (χ4n) is 8.98.